The van der Waals surface area contributed by atoms with Crippen molar-refractivity contribution < 1.29 is 19.0 Å². The van der Waals surface area contributed by atoms with Crippen LogP contribution in [0.25, 0.3) is 0 Å². The van der Waals surface area contributed by atoms with E-state index in [0.29, 0.717) is 23.7 Å². The largest absolute Gasteiger partial charge is 0.496 e. The molecule has 0 heterocycles. The Kier molecular flexibility index (Phi) is 3.14. The van der Waals surface area contributed by atoms with E-state index in [1.807, 2.05) is 0 Å². The number of carbonyl (C=O) groups excluding carboxylic acids is 1. The molecule has 0 saturated heterocycles. The molecule has 4 nitrogen and oxygen atoms in total. The van der Waals surface area contributed by atoms with Crippen LogP contribution in [0.5, 0.6) is 17.2 Å². The Labute approximate surface area is 76.0 Å². The molecular weight excluding hydrogens is 172 g/mol. The molecule has 0 bridgehead atoms. The van der Waals surface area contributed by atoms with E-state index in [1.165, 1.54) is 14.2 Å². The van der Waals surface area contributed by atoms with Crippen molar-refractivity contribution in [3.05, 3.63) is 18.2 Å². The fourth-order valence-electron chi connectivity index (χ4n) is 0.905. The molecule has 0 aromatic heterocycles. The van der Waals surface area contributed by atoms with Gasteiger partial charge in [-0.1, -0.05) is 0 Å². The molecule has 13 heavy (non-hydrogen) atoms. The summed E-state index contributed by atoms with van der Waals surface area (Å²) in [6.07, 6.45) is 0. The van der Waals surface area contributed by atoms with Crippen molar-refractivity contribution in [1.82, 2.24) is 0 Å². The van der Waals surface area contributed by atoms with Gasteiger partial charge < -0.3 is 14.2 Å². The predicted octanol–water partition coefficient (Wildman–Crippen LogP) is 1.24. The van der Waals surface area contributed by atoms with Crippen LogP contribution in [0.2, 0.25) is 0 Å². The van der Waals surface area contributed by atoms with Gasteiger partial charge in [-0.25, -0.2) is 0 Å². The third kappa shape index (κ3) is 2.37. The summed E-state index contributed by atoms with van der Waals surface area (Å²) < 4.78 is 14.6. The Morgan fingerprint density at radius 3 is 1.85 bits per heavy atom. The zero-order chi connectivity index (χ0) is 9.68. The number of methoxy groups -OCH3 is 2. The van der Waals surface area contributed by atoms with Gasteiger partial charge in [-0.05, 0) is 0 Å². The summed E-state index contributed by atoms with van der Waals surface area (Å²) in [5, 5.41) is 0. The van der Waals surface area contributed by atoms with E-state index in [-0.39, 0.29) is 0 Å². The quantitative estimate of drug-likeness (QED) is 0.657. The van der Waals surface area contributed by atoms with Crippen molar-refractivity contribution in [3.8, 4) is 17.2 Å². The lowest BCUT2D eigenvalue weighted by atomic mass is 10.3. The molecule has 0 N–H and O–H groups in total. The van der Waals surface area contributed by atoms with Gasteiger partial charge in [0.25, 0.3) is 6.47 Å². The third-order valence-corrected chi connectivity index (χ3v) is 1.51. The average molecular weight is 182 g/mol. The first-order valence-corrected chi connectivity index (χ1v) is 3.63. The van der Waals surface area contributed by atoms with E-state index >= 15 is 0 Å². The minimum Gasteiger partial charge on any atom is -0.496 e. The molecule has 1 aromatic rings. The highest BCUT2D eigenvalue weighted by molar-refractivity contribution is 5.49. The van der Waals surface area contributed by atoms with Gasteiger partial charge in [-0.15, -0.1) is 0 Å². The highest BCUT2D eigenvalue weighted by atomic mass is 16.5. The summed E-state index contributed by atoms with van der Waals surface area (Å²) in [4.78, 5) is 10.1. The Morgan fingerprint density at radius 1 is 1.00 bits per heavy atom. The minimum atomic E-state index is 0.355. The number of hydrogen-bond donors (Lipinski definition) is 0. The molecule has 0 saturated carbocycles. The van der Waals surface area contributed by atoms with E-state index in [9.17, 15) is 4.79 Å². The summed E-state index contributed by atoms with van der Waals surface area (Å²) in [6.45, 7) is 0.355. The van der Waals surface area contributed by atoms with Gasteiger partial charge in [0.1, 0.15) is 17.2 Å². The number of hydrogen-bond acceptors (Lipinski definition) is 4. The van der Waals surface area contributed by atoms with Crippen LogP contribution in [0.15, 0.2) is 18.2 Å². The van der Waals surface area contributed by atoms with E-state index in [0.717, 1.165) is 0 Å². The van der Waals surface area contributed by atoms with Crippen LogP contribution < -0.4 is 14.2 Å². The Hall–Kier alpha value is -1.71. The highest BCUT2D eigenvalue weighted by Crippen LogP contribution is 2.26. The maximum Gasteiger partial charge on any atom is 0.298 e. The SMILES string of the molecule is COc1cc(OC)cc(OC=O)c1. The van der Waals surface area contributed by atoms with Gasteiger partial charge in [-0.2, -0.15) is 0 Å². The average Bonchev–Trinajstić information content (AvgIpc) is 2.17. The molecule has 0 aliphatic carbocycles. The van der Waals surface area contributed by atoms with Crippen LogP contribution in [-0.2, 0) is 4.79 Å². The molecule has 0 spiro atoms. The normalized spacial score (nSPS) is 9.08. The van der Waals surface area contributed by atoms with Crippen molar-refractivity contribution in [1.29, 1.82) is 0 Å². The summed E-state index contributed by atoms with van der Waals surface area (Å²) in [6, 6.07) is 4.88. The van der Waals surface area contributed by atoms with E-state index in [4.69, 9.17) is 9.47 Å². The van der Waals surface area contributed by atoms with Crippen molar-refractivity contribution >= 4 is 6.47 Å². The van der Waals surface area contributed by atoms with Gasteiger partial charge in [0.05, 0.1) is 14.2 Å². The van der Waals surface area contributed by atoms with Crippen LogP contribution in [0, 0.1) is 0 Å². The maximum atomic E-state index is 10.1. The molecule has 4 heteroatoms. The zero-order valence-corrected chi connectivity index (χ0v) is 7.44. The number of carbonyl (C=O) groups is 1. The van der Waals surface area contributed by atoms with Gasteiger partial charge in [-0.3, -0.25) is 4.79 Å². The van der Waals surface area contributed by atoms with Gasteiger partial charge in [0.2, 0.25) is 0 Å². The van der Waals surface area contributed by atoms with E-state index in [1.54, 1.807) is 18.2 Å². The lowest BCUT2D eigenvalue weighted by molar-refractivity contribution is -0.120. The fourth-order valence-corrected chi connectivity index (χ4v) is 0.905. The molecule has 0 fully saturated rings. The molecule has 1 aromatic carbocycles. The molecular formula is C9H10O4. The van der Waals surface area contributed by atoms with E-state index in [2.05, 4.69) is 4.74 Å². The summed E-state index contributed by atoms with van der Waals surface area (Å²) in [5.74, 6) is 1.55. The van der Waals surface area contributed by atoms with Crippen molar-refractivity contribution in [2.45, 2.75) is 0 Å². The topological polar surface area (TPSA) is 44.8 Å². The third-order valence-electron chi connectivity index (χ3n) is 1.51. The first kappa shape index (κ1) is 9.38. The minimum absolute atomic E-state index is 0.355. The number of benzene rings is 1. The summed E-state index contributed by atoms with van der Waals surface area (Å²) in [5.41, 5.74) is 0. The Morgan fingerprint density at radius 2 is 1.46 bits per heavy atom. The molecule has 0 amide bonds. The highest BCUT2D eigenvalue weighted by Gasteiger charge is 2.01. The molecule has 0 aliphatic rings. The van der Waals surface area contributed by atoms with Gasteiger partial charge >= 0.3 is 0 Å². The summed E-state index contributed by atoms with van der Waals surface area (Å²) >= 11 is 0. The van der Waals surface area contributed by atoms with Crippen LogP contribution >= 0.6 is 0 Å². The predicted molar refractivity (Wildman–Crippen MR) is 46.2 cm³/mol. The lowest BCUT2D eigenvalue weighted by Gasteiger charge is -2.05. The van der Waals surface area contributed by atoms with Crippen LogP contribution in [0.4, 0.5) is 0 Å². The molecule has 70 valence electrons. The smallest absolute Gasteiger partial charge is 0.298 e. The van der Waals surface area contributed by atoms with Crippen molar-refractivity contribution in [3.63, 3.8) is 0 Å². The second-order valence-electron chi connectivity index (χ2n) is 2.26. The zero-order valence-electron chi connectivity index (χ0n) is 7.44. The van der Waals surface area contributed by atoms with Crippen molar-refractivity contribution in [2.75, 3.05) is 14.2 Å². The van der Waals surface area contributed by atoms with Gasteiger partial charge in [0, 0.05) is 18.2 Å². The second-order valence-corrected chi connectivity index (χ2v) is 2.26. The molecule has 1 rings (SSSR count). The molecule has 0 atom stereocenters. The van der Waals surface area contributed by atoms with E-state index < -0.39 is 0 Å². The fraction of sp³-hybridized carbons (Fsp3) is 0.222. The molecule has 0 aliphatic heterocycles. The molecule has 0 radical (unpaired) electrons. The number of rotatable bonds is 4. The number of ether oxygens (including phenoxy) is 3. The Balaban J connectivity index is 2.99. The maximum absolute atomic E-state index is 10.1. The lowest BCUT2D eigenvalue weighted by Crippen LogP contribution is -1.92. The summed E-state index contributed by atoms with van der Waals surface area (Å²) in [7, 11) is 3.05. The van der Waals surface area contributed by atoms with Crippen LogP contribution in [0.3, 0.4) is 0 Å². The first-order valence-electron chi connectivity index (χ1n) is 3.63. The molecule has 0 unspecified atom stereocenters. The standard InChI is InChI=1S/C9H10O4/c1-11-7-3-8(12-2)5-9(4-7)13-6-10/h3-6H,1-2H3. The van der Waals surface area contributed by atoms with Crippen LogP contribution in [-0.4, -0.2) is 20.7 Å². The second kappa shape index (κ2) is 4.35. The first-order chi connectivity index (χ1) is 6.30. The van der Waals surface area contributed by atoms with Gasteiger partial charge in [0.15, 0.2) is 0 Å². The van der Waals surface area contributed by atoms with Crippen molar-refractivity contribution in [2.24, 2.45) is 0 Å². The monoisotopic (exact) mass is 182 g/mol. The van der Waals surface area contributed by atoms with Crippen LogP contribution in [0.1, 0.15) is 0 Å². The Bertz CT molecular complexity index is 273.